The number of hydrogen-bond acceptors (Lipinski definition) is 3. The Hall–Kier alpha value is -0.610. The molecule has 0 aliphatic heterocycles. The van der Waals surface area contributed by atoms with E-state index < -0.39 is 12.1 Å². The van der Waals surface area contributed by atoms with E-state index in [2.05, 4.69) is 0 Å². The number of carboxylic acids is 1. The lowest BCUT2D eigenvalue weighted by atomic mass is 10.1. The van der Waals surface area contributed by atoms with Gasteiger partial charge in [0.1, 0.15) is 0 Å². The molecule has 0 radical (unpaired) electrons. The quantitative estimate of drug-likeness (QED) is 0.508. The lowest BCUT2D eigenvalue weighted by Gasteiger charge is -2.13. The summed E-state index contributed by atoms with van der Waals surface area (Å²) in [7, 11) is 0. The molecule has 0 saturated heterocycles. The van der Waals surface area contributed by atoms with E-state index in [0.717, 1.165) is 6.42 Å². The summed E-state index contributed by atoms with van der Waals surface area (Å²) in [4.78, 5) is 10.1. The third kappa shape index (κ3) is 6.12. The van der Waals surface area contributed by atoms with E-state index in [-0.39, 0.29) is 12.5 Å². The van der Waals surface area contributed by atoms with Crippen LogP contribution in [0.15, 0.2) is 0 Å². The topological polar surface area (TPSA) is 83.5 Å². The minimum Gasteiger partial charge on any atom is -0.481 e. The second-order valence-corrected chi connectivity index (χ2v) is 3.04. The fraction of sp³-hybridized carbons (Fsp3) is 0.875. The maximum Gasteiger partial charge on any atom is 0.303 e. The molecule has 4 N–H and O–H groups in total. The maximum absolute atomic E-state index is 10.1. The number of unbranched alkanes of at least 4 members (excludes halogenated alkanes) is 1. The Balaban J connectivity index is 3.25. The van der Waals surface area contributed by atoms with Gasteiger partial charge in [0.2, 0.25) is 0 Å². The Morgan fingerprint density at radius 2 is 2.08 bits per heavy atom. The highest BCUT2D eigenvalue weighted by molar-refractivity contribution is 5.66. The first-order valence-electron chi connectivity index (χ1n) is 4.19. The monoisotopic (exact) mass is 175 g/mol. The Morgan fingerprint density at radius 1 is 1.50 bits per heavy atom. The molecule has 4 nitrogen and oxygen atoms in total. The second kappa shape index (κ2) is 5.97. The van der Waals surface area contributed by atoms with Gasteiger partial charge in [-0.2, -0.15) is 0 Å². The predicted molar refractivity (Wildman–Crippen MR) is 45.8 cm³/mol. The smallest absolute Gasteiger partial charge is 0.303 e. The molecular weight excluding hydrogens is 158 g/mol. The van der Waals surface area contributed by atoms with Crippen molar-refractivity contribution in [3.8, 4) is 0 Å². The summed E-state index contributed by atoms with van der Waals surface area (Å²) in [6.07, 6.45) is 1.76. The van der Waals surface area contributed by atoms with Gasteiger partial charge in [-0.1, -0.05) is 6.42 Å². The standard InChI is InChI=1S/C8H17NO3/c1-6(10)7(9)4-2-3-5-8(11)12/h6-7,10H,2-5,9H2,1H3,(H,11,12)/t6-,7-/m1/s1. The van der Waals surface area contributed by atoms with Gasteiger partial charge >= 0.3 is 5.97 Å². The molecule has 4 heteroatoms. The van der Waals surface area contributed by atoms with Gasteiger partial charge < -0.3 is 15.9 Å². The van der Waals surface area contributed by atoms with Crippen LogP contribution in [0.25, 0.3) is 0 Å². The van der Waals surface area contributed by atoms with Gasteiger partial charge in [-0.3, -0.25) is 4.79 Å². The Labute approximate surface area is 72.4 Å². The molecule has 0 aromatic rings. The molecule has 0 rings (SSSR count). The SMILES string of the molecule is C[C@@H](O)[C@H](N)CCCCC(=O)O. The molecule has 0 heterocycles. The van der Waals surface area contributed by atoms with Crippen LogP contribution in [0, 0.1) is 0 Å². The molecular formula is C8H17NO3. The Bertz CT molecular complexity index is 136. The van der Waals surface area contributed by atoms with Crippen LogP contribution in [0.2, 0.25) is 0 Å². The van der Waals surface area contributed by atoms with Crippen molar-refractivity contribution in [1.29, 1.82) is 0 Å². The van der Waals surface area contributed by atoms with E-state index in [1.165, 1.54) is 0 Å². The molecule has 0 bridgehead atoms. The first-order valence-corrected chi connectivity index (χ1v) is 4.19. The number of aliphatic carboxylic acids is 1. The number of nitrogens with two attached hydrogens (primary N) is 1. The van der Waals surface area contributed by atoms with Gasteiger partial charge in [-0.25, -0.2) is 0 Å². The number of carboxylic acid groups (broad SMARTS) is 1. The van der Waals surface area contributed by atoms with Gasteiger partial charge in [0.15, 0.2) is 0 Å². The van der Waals surface area contributed by atoms with Gasteiger partial charge in [-0.15, -0.1) is 0 Å². The summed E-state index contributed by atoms with van der Waals surface area (Å²) in [5.41, 5.74) is 5.54. The zero-order chi connectivity index (χ0) is 9.56. The Morgan fingerprint density at radius 3 is 2.50 bits per heavy atom. The van der Waals surface area contributed by atoms with E-state index in [0.29, 0.717) is 12.8 Å². The predicted octanol–water partition coefficient (Wildman–Crippen LogP) is 0.339. The van der Waals surface area contributed by atoms with E-state index in [1.54, 1.807) is 6.92 Å². The minimum atomic E-state index is -0.777. The summed E-state index contributed by atoms with van der Waals surface area (Å²) in [6, 6.07) is -0.223. The molecule has 0 aliphatic rings. The van der Waals surface area contributed by atoms with Crippen LogP contribution in [0.3, 0.4) is 0 Å². The zero-order valence-corrected chi connectivity index (χ0v) is 7.36. The highest BCUT2D eigenvalue weighted by Gasteiger charge is 2.08. The van der Waals surface area contributed by atoms with Gasteiger partial charge in [0.25, 0.3) is 0 Å². The molecule has 0 spiro atoms. The summed E-state index contributed by atoms with van der Waals surface area (Å²) in [5, 5.41) is 17.3. The fourth-order valence-electron chi connectivity index (χ4n) is 0.897. The van der Waals surface area contributed by atoms with Gasteiger partial charge in [0, 0.05) is 12.5 Å². The minimum absolute atomic E-state index is 0.187. The number of aliphatic hydroxyl groups is 1. The average molecular weight is 175 g/mol. The van der Waals surface area contributed by atoms with Crippen molar-refractivity contribution in [2.24, 2.45) is 5.73 Å². The van der Waals surface area contributed by atoms with Crippen LogP contribution in [0.4, 0.5) is 0 Å². The van der Waals surface area contributed by atoms with Gasteiger partial charge in [0.05, 0.1) is 6.10 Å². The normalized spacial score (nSPS) is 15.6. The third-order valence-corrected chi connectivity index (χ3v) is 1.80. The van der Waals surface area contributed by atoms with Crippen molar-refractivity contribution in [2.75, 3.05) is 0 Å². The number of hydrogen-bond donors (Lipinski definition) is 3. The number of carbonyl (C=O) groups is 1. The molecule has 0 fully saturated rings. The van der Waals surface area contributed by atoms with Crippen LogP contribution in [-0.2, 0) is 4.79 Å². The lowest BCUT2D eigenvalue weighted by Crippen LogP contribution is -2.32. The average Bonchev–Trinajstić information content (AvgIpc) is 1.97. The molecule has 0 saturated carbocycles. The molecule has 0 amide bonds. The highest BCUT2D eigenvalue weighted by Crippen LogP contribution is 2.04. The molecule has 0 aromatic carbocycles. The molecule has 2 atom stereocenters. The van der Waals surface area contributed by atoms with E-state index in [9.17, 15) is 4.79 Å². The lowest BCUT2D eigenvalue weighted by molar-refractivity contribution is -0.137. The third-order valence-electron chi connectivity index (χ3n) is 1.80. The first kappa shape index (κ1) is 11.4. The van der Waals surface area contributed by atoms with Crippen LogP contribution >= 0.6 is 0 Å². The largest absolute Gasteiger partial charge is 0.481 e. The molecule has 0 aliphatic carbocycles. The van der Waals surface area contributed by atoms with E-state index in [4.69, 9.17) is 15.9 Å². The van der Waals surface area contributed by atoms with Crippen molar-refractivity contribution in [3.05, 3.63) is 0 Å². The Kier molecular flexibility index (Phi) is 5.66. The first-order chi connectivity index (χ1) is 5.54. The molecule has 12 heavy (non-hydrogen) atoms. The molecule has 0 unspecified atom stereocenters. The summed E-state index contributed by atoms with van der Waals surface area (Å²) in [5.74, 6) is -0.777. The maximum atomic E-state index is 10.1. The summed E-state index contributed by atoms with van der Waals surface area (Å²) >= 11 is 0. The van der Waals surface area contributed by atoms with Crippen molar-refractivity contribution < 1.29 is 15.0 Å². The van der Waals surface area contributed by atoms with Crippen molar-refractivity contribution >= 4 is 5.97 Å². The molecule has 72 valence electrons. The highest BCUT2D eigenvalue weighted by atomic mass is 16.4. The van der Waals surface area contributed by atoms with Crippen molar-refractivity contribution in [3.63, 3.8) is 0 Å². The number of aliphatic hydroxyl groups excluding tert-OH is 1. The van der Waals surface area contributed by atoms with Crippen molar-refractivity contribution in [2.45, 2.75) is 44.8 Å². The summed E-state index contributed by atoms with van der Waals surface area (Å²) in [6.45, 7) is 1.64. The van der Waals surface area contributed by atoms with Crippen LogP contribution in [0.5, 0.6) is 0 Å². The fourth-order valence-corrected chi connectivity index (χ4v) is 0.897. The van der Waals surface area contributed by atoms with Crippen molar-refractivity contribution in [1.82, 2.24) is 0 Å². The van der Waals surface area contributed by atoms with Crippen LogP contribution in [-0.4, -0.2) is 28.3 Å². The summed E-state index contributed by atoms with van der Waals surface area (Å²) < 4.78 is 0. The number of rotatable bonds is 6. The van der Waals surface area contributed by atoms with Crippen LogP contribution < -0.4 is 5.73 Å². The van der Waals surface area contributed by atoms with E-state index >= 15 is 0 Å². The molecule has 0 aromatic heterocycles. The van der Waals surface area contributed by atoms with Crippen LogP contribution in [0.1, 0.15) is 32.6 Å². The second-order valence-electron chi connectivity index (χ2n) is 3.04. The zero-order valence-electron chi connectivity index (χ0n) is 7.36. The van der Waals surface area contributed by atoms with E-state index in [1.807, 2.05) is 0 Å². The van der Waals surface area contributed by atoms with Gasteiger partial charge in [-0.05, 0) is 19.8 Å².